The first-order valence-electron chi connectivity index (χ1n) is 1.03. The molecule has 0 aromatic carbocycles. The van der Waals surface area contributed by atoms with Gasteiger partial charge in [0.25, 0.3) is 11.4 Å². The molecule has 0 aromatic rings. The zero-order valence-electron chi connectivity index (χ0n) is 9.34. The van der Waals surface area contributed by atoms with Crippen molar-refractivity contribution in [2.24, 2.45) is 0 Å². The molecular weight excluding hydrogens is 284 g/mol. The predicted molar refractivity (Wildman–Crippen MR) is 25.3 cm³/mol. The van der Waals surface area contributed by atoms with Gasteiger partial charge < -0.3 is 12.0 Å². The Morgan fingerprint density at radius 1 is 1.00 bits per heavy atom. The zero-order valence-corrected chi connectivity index (χ0v) is 19.2. The summed E-state index contributed by atoms with van der Waals surface area (Å²) in [6.45, 7) is 0. The predicted octanol–water partition coefficient (Wildman–Crippen LogP) is -13.1. The van der Waals surface area contributed by atoms with Crippen LogP contribution in [0.15, 0.2) is 0 Å². The molecule has 0 rings (SSSR count). The van der Waals surface area contributed by atoms with Gasteiger partial charge in [-0.15, -0.1) is 11.4 Å². The summed E-state index contributed by atoms with van der Waals surface area (Å²) in [6.07, 6.45) is 0. The molecule has 0 unspecified atom stereocenters. The van der Waals surface area contributed by atoms with Crippen LogP contribution in [0.3, 0.4) is 0 Å². The average molecular weight is 288 g/mol. The van der Waals surface area contributed by atoms with Gasteiger partial charge in [-0.3, -0.25) is 13.3 Å². The van der Waals surface area contributed by atoms with E-state index in [2.05, 4.69) is 0 Å². The van der Waals surface area contributed by atoms with E-state index >= 15 is 0 Å². The third kappa shape index (κ3) is 109. The second kappa shape index (κ2) is 29.9. The maximum absolute atomic E-state index is 8.67. The molecule has 0 aliphatic heterocycles. The van der Waals surface area contributed by atoms with Crippen LogP contribution in [0.5, 0.6) is 0 Å². The maximum Gasteiger partial charge on any atom is 1.00 e. The van der Waals surface area contributed by atoms with Crippen molar-refractivity contribution in [3.05, 3.63) is 0 Å². The summed E-state index contributed by atoms with van der Waals surface area (Å²) in [5.74, 6) is 0. The van der Waals surface area contributed by atoms with Crippen LogP contribution < -0.4 is 162 Å². The molecule has 0 fully saturated rings. The fourth-order valence-electron chi connectivity index (χ4n) is 0. The van der Waals surface area contributed by atoms with Gasteiger partial charge in [-0.25, -0.2) is 0 Å². The van der Waals surface area contributed by atoms with Crippen LogP contribution in [0.2, 0.25) is 0 Å². The Kier molecular flexibility index (Phi) is 89.8. The summed E-state index contributed by atoms with van der Waals surface area (Å²) < 4.78 is 48.2. The molecular formula is H4K2Na2O6S2. The van der Waals surface area contributed by atoms with Crippen molar-refractivity contribution in [3.63, 3.8) is 0 Å². The monoisotopic (exact) mass is 288 g/mol. The standard InChI is InChI=1S/2K.2Na.2H2O3S.2H/c;;;;2*1-4(2)3;;/h;;;;2*(H2,1,2,3);;/q4*+1;;;2*-1/p-2. The molecule has 0 saturated carbocycles. The van der Waals surface area contributed by atoms with Crippen molar-refractivity contribution >= 4 is 22.7 Å². The minimum atomic E-state index is -3.11. The summed E-state index contributed by atoms with van der Waals surface area (Å²) >= 11 is -5.72. The molecule has 2 N–H and O–H groups in total. The Balaban J connectivity index is -0.00000000600. The zero-order chi connectivity index (χ0) is 7.15. The van der Waals surface area contributed by atoms with Crippen LogP contribution >= 0.6 is 0 Å². The van der Waals surface area contributed by atoms with Gasteiger partial charge in [0.15, 0.2) is 0 Å². The first-order valence-corrected chi connectivity index (χ1v) is 3.10. The topological polar surface area (TPSA) is 121 Å². The Morgan fingerprint density at radius 3 is 1.00 bits per heavy atom. The summed E-state index contributed by atoms with van der Waals surface area (Å²) in [7, 11) is 0. The molecule has 0 atom stereocenters. The third-order valence-electron chi connectivity index (χ3n) is 0. The van der Waals surface area contributed by atoms with Crippen molar-refractivity contribution in [1.82, 2.24) is 0 Å². The van der Waals surface area contributed by atoms with Gasteiger partial charge in [0.2, 0.25) is 0 Å². The quantitative estimate of drug-likeness (QED) is 0.337. The van der Waals surface area contributed by atoms with E-state index in [-0.39, 0.29) is 165 Å². The molecule has 6 nitrogen and oxygen atoms in total. The largest absolute Gasteiger partial charge is 1.00 e. The molecule has 0 aromatic heterocycles. The molecule has 12 heavy (non-hydrogen) atoms. The van der Waals surface area contributed by atoms with Crippen molar-refractivity contribution < 1.29 is 191 Å². The van der Waals surface area contributed by atoms with E-state index < -0.39 is 22.7 Å². The number of hydrogen-bond donors (Lipinski definition) is 2. The molecule has 0 radical (unpaired) electrons. The molecule has 0 aliphatic carbocycles. The molecule has 0 amide bonds. The van der Waals surface area contributed by atoms with Crippen LogP contribution in [-0.4, -0.2) is 26.6 Å². The van der Waals surface area contributed by atoms with Crippen LogP contribution in [0.1, 0.15) is 2.85 Å². The molecule has 56 valence electrons. The van der Waals surface area contributed by atoms with Crippen LogP contribution in [0.4, 0.5) is 0 Å². The Bertz CT molecular complexity index is 87.8. The van der Waals surface area contributed by atoms with Gasteiger partial charge in [-0.2, -0.15) is 4.21 Å². The summed E-state index contributed by atoms with van der Waals surface area (Å²) in [5, 5.41) is 0. The maximum atomic E-state index is 8.67. The molecule has 0 saturated heterocycles. The normalized spacial score (nSPS) is 5.83. The van der Waals surface area contributed by atoms with E-state index in [1.54, 1.807) is 0 Å². The average Bonchev–Trinajstić information content (AvgIpc) is 1.25. The second-order valence-electron chi connectivity index (χ2n) is 0.435. The minimum absolute atomic E-state index is 0. The number of rotatable bonds is 0. The second-order valence-corrected chi connectivity index (χ2v) is 1.30. The minimum Gasteiger partial charge on any atom is -1.00 e. The van der Waals surface area contributed by atoms with E-state index in [4.69, 9.17) is 26.6 Å². The molecule has 0 bridgehead atoms. The SMILES string of the molecule is O=S(O)O.O=S([O-])[O-].[H-].[H-].[K+].[K+].[Na+].[Na+]. The van der Waals surface area contributed by atoms with Crippen molar-refractivity contribution in [3.8, 4) is 0 Å². The van der Waals surface area contributed by atoms with Gasteiger partial charge in [0.05, 0.1) is 0 Å². The van der Waals surface area contributed by atoms with E-state index in [0.717, 1.165) is 0 Å². The summed E-state index contributed by atoms with van der Waals surface area (Å²) in [4.78, 5) is 0. The van der Waals surface area contributed by atoms with Gasteiger partial charge >= 0.3 is 162 Å². The third-order valence-corrected chi connectivity index (χ3v) is 0. The Labute approximate surface area is 208 Å². The van der Waals surface area contributed by atoms with Gasteiger partial charge in [-0.1, -0.05) is 0 Å². The van der Waals surface area contributed by atoms with Gasteiger partial charge in [0.1, 0.15) is 0 Å². The van der Waals surface area contributed by atoms with E-state index in [1.807, 2.05) is 0 Å². The first kappa shape index (κ1) is 36.0. The van der Waals surface area contributed by atoms with E-state index in [0.29, 0.717) is 0 Å². The molecule has 0 heterocycles. The van der Waals surface area contributed by atoms with Crippen molar-refractivity contribution in [2.75, 3.05) is 0 Å². The summed E-state index contributed by atoms with van der Waals surface area (Å²) in [6, 6.07) is 0. The van der Waals surface area contributed by atoms with E-state index in [9.17, 15) is 0 Å². The smallest absolute Gasteiger partial charge is 1.00 e. The first-order chi connectivity index (χ1) is 3.46. The fraction of sp³-hybridized carbons (Fsp3) is 0. The van der Waals surface area contributed by atoms with Gasteiger partial charge in [-0.05, 0) is 0 Å². The molecule has 0 spiro atoms. The molecule has 12 heteroatoms. The number of hydrogen-bond acceptors (Lipinski definition) is 4. The van der Waals surface area contributed by atoms with Crippen LogP contribution in [0.25, 0.3) is 0 Å². The van der Waals surface area contributed by atoms with Gasteiger partial charge in [0, 0.05) is 0 Å². The Hall–Kier alpha value is 5.41. The van der Waals surface area contributed by atoms with Crippen molar-refractivity contribution in [2.45, 2.75) is 0 Å². The Morgan fingerprint density at radius 2 is 1.00 bits per heavy atom. The fourth-order valence-corrected chi connectivity index (χ4v) is 0. The summed E-state index contributed by atoms with van der Waals surface area (Å²) in [5.41, 5.74) is 0. The van der Waals surface area contributed by atoms with Crippen LogP contribution in [-0.2, 0) is 22.7 Å². The van der Waals surface area contributed by atoms with Crippen LogP contribution in [0, 0.1) is 0 Å². The van der Waals surface area contributed by atoms with E-state index in [1.165, 1.54) is 0 Å². The molecule has 0 aliphatic rings. The van der Waals surface area contributed by atoms with Crippen molar-refractivity contribution in [1.29, 1.82) is 0 Å².